The molecule has 1 aromatic carbocycles. The van der Waals surface area contributed by atoms with Crippen LogP contribution in [0.15, 0.2) is 24.4 Å². The maximum absolute atomic E-state index is 11.0. The van der Waals surface area contributed by atoms with E-state index in [1.54, 1.807) is 0 Å². The van der Waals surface area contributed by atoms with Crippen LogP contribution in [0.25, 0.3) is 10.9 Å². The zero-order chi connectivity index (χ0) is 14.0. The van der Waals surface area contributed by atoms with Crippen molar-refractivity contribution in [3.8, 4) is 0 Å². The number of nitrogens with one attached hydrogen (secondary N) is 1. The monoisotopic (exact) mass is 262 g/mol. The third kappa shape index (κ3) is 2.71. The summed E-state index contributed by atoms with van der Waals surface area (Å²) in [5, 5.41) is 10.1. The summed E-state index contributed by atoms with van der Waals surface area (Å²) in [6, 6.07) is 6.07. The lowest BCUT2D eigenvalue weighted by Crippen LogP contribution is -2.24. The molecule has 19 heavy (non-hydrogen) atoms. The van der Waals surface area contributed by atoms with Gasteiger partial charge in [-0.2, -0.15) is 0 Å². The topological polar surface area (TPSA) is 65.6 Å². The first kappa shape index (κ1) is 13.4. The first-order valence-corrected chi connectivity index (χ1v) is 6.06. The summed E-state index contributed by atoms with van der Waals surface area (Å²) in [4.78, 5) is 16.2. The maximum atomic E-state index is 11.0. The lowest BCUT2D eigenvalue weighted by molar-refractivity contribution is -0.148. The molecule has 0 aliphatic rings. The molecule has 1 atom stereocenters. The van der Waals surface area contributed by atoms with Crippen LogP contribution in [-0.4, -0.2) is 43.4 Å². The highest BCUT2D eigenvalue weighted by Gasteiger charge is 2.19. The number of anilines is 1. The number of benzene rings is 1. The van der Waals surface area contributed by atoms with Gasteiger partial charge in [0.1, 0.15) is 0 Å². The summed E-state index contributed by atoms with van der Waals surface area (Å²) >= 11 is 0. The number of aliphatic carboxylic acids is 1. The van der Waals surface area contributed by atoms with Crippen LogP contribution >= 0.6 is 0 Å². The van der Waals surface area contributed by atoms with Crippen LogP contribution in [0.1, 0.15) is 5.56 Å². The number of carboxylic acid groups (broad SMARTS) is 1. The van der Waals surface area contributed by atoms with Crippen LogP contribution in [0.5, 0.6) is 0 Å². The Morgan fingerprint density at radius 2 is 2.21 bits per heavy atom. The van der Waals surface area contributed by atoms with E-state index >= 15 is 0 Å². The average Bonchev–Trinajstić information content (AvgIpc) is 2.77. The minimum absolute atomic E-state index is 0.350. The van der Waals surface area contributed by atoms with Crippen LogP contribution < -0.4 is 4.90 Å². The summed E-state index contributed by atoms with van der Waals surface area (Å²) in [6.07, 6.45) is 1.38. The molecule has 0 bridgehead atoms. The molecule has 1 heterocycles. The number of nitrogens with zero attached hydrogens (tertiary/aromatic N) is 1. The fourth-order valence-electron chi connectivity index (χ4n) is 2.08. The van der Waals surface area contributed by atoms with E-state index in [0.29, 0.717) is 6.42 Å². The van der Waals surface area contributed by atoms with Crippen molar-refractivity contribution in [3.05, 3.63) is 30.0 Å². The molecule has 0 aliphatic carbocycles. The summed E-state index contributed by atoms with van der Waals surface area (Å²) in [5.74, 6) is -0.944. The quantitative estimate of drug-likeness (QED) is 0.863. The van der Waals surface area contributed by atoms with Gasteiger partial charge in [0.05, 0.1) is 0 Å². The standard InChI is InChI=1S/C14H18N2O3/c1-16(2)10-4-5-12-11(7-10)9(8-15-12)6-13(19-3)14(17)18/h4-5,7-8,13,15H,6H2,1-3H3,(H,17,18)/t13-/m0/s1. The second-order valence-corrected chi connectivity index (χ2v) is 4.70. The van der Waals surface area contributed by atoms with Crippen LogP contribution in [0.3, 0.4) is 0 Å². The second kappa shape index (κ2) is 5.32. The van der Waals surface area contributed by atoms with E-state index in [2.05, 4.69) is 11.1 Å². The number of hydrogen-bond donors (Lipinski definition) is 2. The lowest BCUT2D eigenvalue weighted by Gasteiger charge is -2.13. The third-order valence-corrected chi connectivity index (χ3v) is 3.23. The Labute approximate surface area is 111 Å². The van der Waals surface area contributed by atoms with Crippen molar-refractivity contribution in [2.45, 2.75) is 12.5 Å². The summed E-state index contributed by atoms with van der Waals surface area (Å²) in [6.45, 7) is 0. The smallest absolute Gasteiger partial charge is 0.333 e. The van der Waals surface area contributed by atoms with Crippen molar-refractivity contribution >= 4 is 22.6 Å². The molecule has 5 heteroatoms. The molecule has 0 aliphatic heterocycles. The third-order valence-electron chi connectivity index (χ3n) is 3.23. The van der Waals surface area contributed by atoms with E-state index in [1.807, 2.05) is 37.3 Å². The fourth-order valence-corrected chi connectivity index (χ4v) is 2.08. The predicted molar refractivity (Wildman–Crippen MR) is 74.8 cm³/mol. The maximum Gasteiger partial charge on any atom is 0.333 e. The number of hydrogen-bond acceptors (Lipinski definition) is 3. The number of methoxy groups -OCH3 is 1. The number of ether oxygens (including phenoxy) is 1. The van der Waals surface area contributed by atoms with Gasteiger partial charge in [-0.25, -0.2) is 4.79 Å². The Morgan fingerprint density at radius 1 is 1.47 bits per heavy atom. The van der Waals surface area contributed by atoms with Gasteiger partial charge in [0.15, 0.2) is 6.10 Å². The Kier molecular flexibility index (Phi) is 3.76. The van der Waals surface area contributed by atoms with E-state index < -0.39 is 12.1 Å². The molecule has 0 amide bonds. The summed E-state index contributed by atoms with van der Waals surface area (Å²) in [5.41, 5.74) is 3.03. The molecular formula is C14H18N2O3. The van der Waals surface area contributed by atoms with E-state index in [-0.39, 0.29) is 0 Å². The highest BCUT2D eigenvalue weighted by molar-refractivity contribution is 5.87. The Hall–Kier alpha value is -2.01. The summed E-state index contributed by atoms with van der Waals surface area (Å²) in [7, 11) is 5.37. The number of aromatic nitrogens is 1. The van der Waals surface area contributed by atoms with Crippen LogP contribution in [0.4, 0.5) is 5.69 Å². The van der Waals surface area contributed by atoms with Crippen molar-refractivity contribution in [1.82, 2.24) is 4.98 Å². The lowest BCUT2D eigenvalue weighted by atomic mass is 10.1. The highest BCUT2D eigenvalue weighted by atomic mass is 16.5. The molecule has 0 spiro atoms. The normalized spacial score (nSPS) is 12.6. The first-order valence-electron chi connectivity index (χ1n) is 6.06. The van der Waals surface area contributed by atoms with Crippen LogP contribution in [0, 0.1) is 0 Å². The molecule has 0 unspecified atom stereocenters. The van der Waals surface area contributed by atoms with Crippen LogP contribution in [0.2, 0.25) is 0 Å². The minimum Gasteiger partial charge on any atom is -0.479 e. The van der Waals surface area contributed by atoms with Gasteiger partial charge in [-0.15, -0.1) is 0 Å². The molecule has 0 fully saturated rings. The van der Waals surface area contributed by atoms with Gasteiger partial charge in [-0.1, -0.05) is 0 Å². The molecule has 2 aromatic rings. The highest BCUT2D eigenvalue weighted by Crippen LogP contribution is 2.25. The van der Waals surface area contributed by atoms with Gasteiger partial charge in [-0.05, 0) is 23.8 Å². The van der Waals surface area contributed by atoms with E-state index in [0.717, 1.165) is 22.2 Å². The molecule has 2 N–H and O–H groups in total. The van der Waals surface area contributed by atoms with Crippen molar-refractivity contribution < 1.29 is 14.6 Å². The number of carboxylic acids is 1. The van der Waals surface area contributed by atoms with Crippen molar-refractivity contribution in [2.24, 2.45) is 0 Å². The van der Waals surface area contributed by atoms with E-state index in [1.165, 1.54) is 7.11 Å². The molecule has 0 saturated carbocycles. The largest absolute Gasteiger partial charge is 0.479 e. The van der Waals surface area contributed by atoms with Gasteiger partial charge in [0.2, 0.25) is 0 Å². The average molecular weight is 262 g/mol. The van der Waals surface area contributed by atoms with E-state index in [9.17, 15) is 4.79 Å². The zero-order valence-corrected chi connectivity index (χ0v) is 11.3. The van der Waals surface area contributed by atoms with E-state index in [4.69, 9.17) is 9.84 Å². The molecule has 102 valence electrons. The SMILES string of the molecule is CO[C@@H](Cc1c[nH]c2ccc(N(C)C)cc12)C(=O)O. The van der Waals surface area contributed by atoms with Crippen LogP contribution in [-0.2, 0) is 16.0 Å². The number of carbonyl (C=O) groups is 1. The number of H-pyrrole nitrogens is 1. The zero-order valence-electron chi connectivity index (χ0n) is 11.3. The van der Waals surface area contributed by atoms with Gasteiger partial charge in [0.25, 0.3) is 0 Å². The second-order valence-electron chi connectivity index (χ2n) is 4.70. The Bertz CT molecular complexity index is 589. The number of aromatic amines is 1. The molecule has 0 radical (unpaired) electrons. The fraction of sp³-hybridized carbons (Fsp3) is 0.357. The molecule has 0 saturated heterocycles. The molecule has 2 rings (SSSR count). The Morgan fingerprint density at radius 3 is 2.79 bits per heavy atom. The van der Waals surface area contributed by atoms with Gasteiger partial charge < -0.3 is 19.7 Å². The van der Waals surface area contributed by atoms with Crippen molar-refractivity contribution in [1.29, 1.82) is 0 Å². The predicted octanol–water partition coefficient (Wildman–Crippen LogP) is 1.88. The van der Waals surface area contributed by atoms with Crippen molar-refractivity contribution in [2.75, 3.05) is 26.1 Å². The number of fused-ring (bicyclic) bond motifs is 1. The number of rotatable bonds is 5. The minimum atomic E-state index is -0.944. The van der Waals surface area contributed by atoms with Crippen molar-refractivity contribution in [3.63, 3.8) is 0 Å². The molecule has 5 nitrogen and oxygen atoms in total. The first-order chi connectivity index (χ1) is 9.02. The Balaban J connectivity index is 2.38. The van der Waals surface area contributed by atoms with Gasteiger partial charge >= 0.3 is 5.97 Å². The van der Waals surface area contributed by atoms with Gasteiger partial charge in [0, 0.05) is 50.4 Å². The summed E-state index contributed by atoms with van der Waals surface area (Å²) < 4.78 is 4.99. The molecular weight excluding hydrogens is 244 g/mol. The van der Waals surface area contributed by atoms with Gasteiger partial charge in [-0.3, -0.25) is 0 Å². The molecule has 1 aromatic heterocycles.